The van der Waals surface area contributed by atoms with E-state index in [9.17, 15) is 4.79 Å². The van der Waals surface area contributed by atoms with E-state index in [1.807, 2.05) is 6.92 Å². The number of carbonyl (C=O) groups excluding carboxylic acids is 1. The Hall–Kier alpha value is -1.51. The fourth-order valence-corrected chi connectivity index (χ4v) is 1.12. The van der Waals surface area contributed by atoms with Crippen molar-refractivity contribution in [3.05, 3.63) is 23.8 Å². The minimum Gasteiger partial charge on any atom is -0.428 e. The number of benzene rings is 1. The van der Waals surface area contributed by atoms with Gasteiger partial charge in [0, 0.05) is 11.3 Å². The summed E-state index contributed by atoms with van der Waals surface area (Å²) in [4.78, 5) is 10.1. The first-order valence-corrected chi connectivity index (χ1v) is 3.77. The average Bonchev–Trinajstić information content (AvgIpc) is 2.05. The first-order valence-electron chi connectivity index (χ1n) is 3.77. The molecular weight excluding hydrogens is 154 g/mol. The molecule has 3 nitrogen and oxygen atoms in total. The lowest BCUT2D eigenvalue weighted by Crippen LogP contribution is -1.98. The van der Waals surface area contributed by atoms with E-state index in [0.717, 1.165) is 12.0 Å². The molecule has 1 aromatic carbocycles. The summed E-state index contributed by atoms with van der Waals surface area (Å²) in [6.45, 7) is 2.37. The van der Waals surface area contributed by atoms with E-state index in [1.54, 1.807) is 18.2 Å². The molecular formula is C9H11NO2. The molecule has 0 aromatic heterocycles. The van der Waals surface area contributed by atoms with E-state index in [-0.39, 0.29) is 0 Å². The predicted octanol–water partition coefficient (Wildman–Crippen LogP) is 1.37. The maximum absolute atomic E-state index is 10.1. The molecule has 3 heteroatoms. The molecule has 2 N–H and O–H groups in total. The Kier molecular flexibility index (Phi) is 2.69. The number of hydrogen-bond acceptors (Lipinski definition) is 3. The van der Waals surface area contributed by atoms with Crippen molar-refractivity contribution in [3.63, 3.8) is 0 Å². The normalized spacial score (nSPS) is 9.42. The Morgan fingerprint density at radius 2 is 2.33 bits per heavy atom. The van der Waals surface area contributed by atoms with E-state index in [0.29, 0.717) is 17.9 Å². The monoisotopic (exact) mass is 165 g/mol. The van der Waals surface area contributed by atoms with Crippen molar-refractivity contribution in [2.75, 3.05) is 5.73 Å². The van der Waals surface area contributed by atoms with Gasteiger partial charge in [-0.25, -0.2) is 0 Å². The topological polar surface area (TPSA) is 52.3 Å². The predicted molar refractivity (Wildman–Crippen MR) is 46.9 cm³/mol. The molecule has 0 unspecified atom stereocenters. The lowest BCUT2D eigenvalue weighted by atomic mass is 10.1. The summed E-state index contributed by atoms with van der Waals surface area (Å²) in [5.41, 5.74) is 7.21. The molecule has 0 aliphatic carbocycles. The van der Waals surface area contributed by atoms with Gasteiger partial charge in [-0.2, -0.15) is 0 Å². The van der Waals surface area contributed by atoms with Gasteiger partial charge in [0.2, 0.25) is 0 Å². The number of hydrogen-bond donors (Lipinski definition) is 1. The number of nitrogen functional groups attached to an aromatic ring is 1. The standard InChI is InChI=1S/C9H11NO2/c1-2-7-8(10)4-3-5-9(7)12-6-11/h3-6H,2,10H2,1H3. The number of ether oxygens (including phenoxy) is 1. The van der Waals surface area contributed by atoms with Crippen molar-refractivity contribution >= 4 is 12.2 Å². The van der Waals surface area contributed by atoms with Crippen LogP contribution in [0, 0.1) is 0 Å². The third-order valence-electron chi connectivity index (χ3n) is 1.70. The molecule has 1 aromatic rings. The van der Waals surface area contributed by atoms with Crippen molar-refractivity contribution in [1.82, 2.24) is 0 Å². The molecule has 0 atom stereocenters. The van der Waals surface area contributed by atoms with E-state index in [4.69, 9.17) is 10.5 Å². The lowest BCUT2D eigenvalue weighted by molar-refractivity contribution is -0.120. The first kappa shape index (κ1) is 8.59. The van der Waals surface area contributed by atoms with Crippen LogP contribution in [0.25, 0.3) is 0 Å². The third kappa shape index (κ3) is 1.56. The summed E-state index contributed by atoms with van der Waals surface area (Å²) in [7, 11) is 0. The van der Waals surface area contributed by atoms with Crippen molar-refractivity contribution < 1.29 is 9.53 Å². The summed E-state index contributed by atoms with van der Waals surface area (Å²) in [6, 6.07) is 5.27. The minimum atomic E-state index is 0.411. The highest BCUT2D eigenvalue weighted by atomic mass is 16.5. The van der Waals surface area contributed by atoms with Crippen LogP contribution in [-0.4, -0.2) is 6.47 Å². The Balaban J connectivity index is 3.08. The van der Waals surface area contributed by atoms with E-state index in [1.165, 1.54) is 0 Å². The maximum Gasteiger partial charge on any atom is 0.298 e. The van der Waals surface area contributed by atoms with Gasteiger partial charge < -0.3 is 10.5 Å². The molecule has 0 heterocycles. The maximum atomic E-state index is 10.1. The second-order valence-electron chi connectivity index (χ2n) is 2.39. The van der Waals surface area contributed by atoms with E-state index < -0.39 is 0 Å². The molecule has 0 saturated carbocycles. The zero-order chi connectivity index (χ0) is 8.97. The zero-order valence-electron chi connectivity index (χ0n) is 6.91. The quantitative estimate of drug-likeness (QED) is 0.543. The van der Waals surface area contributed by atoms with Gasteiger partial charge in [-0.1, -0.05) is 13.0 Å². The smallest absolute Gasteiger partial charge is 0.298 e. The highest BCUT2D eigenvalue weighted by Gasteiger charge is 2.03. The molecule has 0 bridgehead atoms. The van der Waals surface area contributed by atoms with Crippen LogP contribution in [0.2, 0.25) is 0 Å². The molecule has 0 spiro atoms. The molecule has 0 amide bonds. The largest absolute Gasteiger partial charge is 0.428 e. The van der Waals surface area contributed by atoms with Gasteiger partial charge >= 0.3 is 0 Å². The number of anilines is 1. The van der Waals surface area contributed by atoms with Gasteiger partial charge in [0.1, 0.15) is 5.75 Å². The van der Waals surface area contributed by atoms with Gasteiger partial charge in [0.15, 0.2) is 0 Å². The second-order valence-corrected chi connectivity index (χ2v) is 2.39. The third-order valence-corrected chi connectivity index (χ3v) is 1.70. The fraction of sp³-hybridized carbons (Fsp3) is 0.222. The highest BCUT2D eigenvalue weighted by Crippen LogP contribution is 2.23. The Morgan fingerprint density at radius 3 is 2.92 bits per heavy atom. The molecule has 12 heavy (non-hydrogen) atoms. The zero-order valence-corrected chi connectivity index (χ0v) is 6.91. The van der Waals surface area contributed by atoms with E-state index >= 15 is 0 Å². The van der Waals surface area contributed by atoms with Gasteiger partial charge in [0.25, 0.3) is 6.47 Å². The van der Waals surface area contributed by atoms with Gasteiger partial charge in [0.05, 0.1) is 0 Å². The lowest BCUT2D eigenvalue weighted by Gasteiger charge is -2.06. The van der Waals surface area contributed by atoms with Crippen LogP contribution in [0.15, 0.2) is 18.2 Å². The van der Waals surface area contributed by atoms with Crippen LogP contribution >= 0.6 is 0 Å². The Morgan fingerprint density at radius 1 is 1.58 bits per heavy atom. The van der Waals surface area contributed by atoms with Gasteiger partial charge in [-0.3, -0.25) is 4.79 Å². The number of carbonyl (C=O) groups is 1. The van der Waals surface area contributed by atoms with Crippen LogP contribution in [-0.2, 0) is 11.2 Å². The molecule has 64 valence electrons. The number of nitrogens with two attached hydrogens (primary N) is 1. The van der Waals surface area contributed by atoms with Crippen LogP contribution < -0.4 is 10.5 Å². The molecule has 0 aliphatic heterocycles. The molecule has 0 radical (unpaired) electrons. The molecule has 0 fully saturated rings. The van der Waals surface area contributed by atoms with E-state index in [2.05, 4.69) is 0 Å². The first-order chi connectivity index (χ1) is 5.79. The van der Waals surface area contributed by atoms with Crippen molar-refractivity contribution in [2.24, 2.45) is 0 Å². The Bertz CT molecular complexity index is 284. The van der Waals surface area contributed by atoms with Crippen molar-refractivity contribution in [3.8, 4) is 5.75 Å². The van der Waals surface area contributed by atoms with Crippen molar-refractivity contribution in [2.45, 2.75) is 13.3 Å². The fourth-order valence-electron chi connectivity index (χ4n) is 1.12. The van der Waals surface area contributed by atoms with Crippen LogP contribution in [0.3, 0.4) is 0 Å². The Labute approximate surface area is 71.1 Å². The summed E-state index contributed by atoms with van der Waals surface area (Å²) in [5.74, 6) is 0.549. The summed E-state index contributed by atoms with van der Waals surface area (Å²) in [6.07, 6.45) is 0.760. The van der Waals surface area contributed by atoms with Crippen LogP contribution in [0.4, 0.5) is 5.69 Å². The molecule has 1 rings (SSSR count). The average molecular weight is 165 g/mol. The molecule has 0 aliphatic rings. The van der Waals surface area contributed by atoms with Gasteiger partial charge in [-0.05, 0) is 18.6 Å². The minimum absolute atomic E-state index is 0.411. The van der Waals surface area contributed by atoms with Gasteiger partial charge in [-0.15, -0.1) is 0 Å². The molecule has 0 saturated heterocycles. The summed E-state index contributed by atoms with van der Waals surface area (Å²) >= 11 is 0. The number of rotatable bonds is 3. The van der Waals surface area contributed by atoms with Crippen LogP contribution in [0.1, 0.15) is 12.5 Å². The van der Waals surface area contributed by atoms with Crippen LogP contribution in [0.5, 0.6) is 5.75 Å². The highest BCUT2D eigenvalue weighted by molar-refractivity contribution is 5.57. The van der Waals surface area contributed by atoms with Crippen molar-refractivity contribution in [1.29, 1.82) is 0 Å². The second kappa shape index (κ2) is 3.76. The summed E-state index contributed by atoms with van der Waals surface area (Å²) < 4.78 is 4.75. The SMILES string of the molecule is CCc1c(N)cccc1OC=O. The summed E-state index contributed by atoms with van der Waals surface area (Å²) in [5, 5.41) is 0.